The van der Waals surface area contributed by atoms with Crippen LogP contribution in [0.2, 0.25) is 0 Å². The zero-order valence-electron chi connectivity index (χ0n) is 17.0. The van der Waals surface area contributed by atoms with Gasteiger partial charge in [-0.05, 0) is 43.3 Å². The van der Waals surface area contributed by atoms with Crippen molar-refractivity contribution >= 4 is 26.7 Å². The van der Waals surface area contributed by atoms with Gasteiger partial charge in [0.05, 0.1) is 12.8 Å². The number of carbonyl (C=O) groups excluding carboxylic acids is 1. The number of nitrogens with one attached hydrogen (secondary N) is 1. The molecule has 9 heteroatoms. The first-order valence-electron chi connectivity index (χ1n) is 9.54. The molecule has 0 spiro atoms. The lowest BCUT2D eigenvalue weighted by Gasteiger charge is -2.40. The fourth-order valence-corrected chi connectivity index (χ4v) is 5.24. The van der Waals surface area contributed by atoms with Crippen molar-refractivity contribution in [2.45, 2.75) is 13.0 Å². The molecule has 1 unspecified atom stereocenters. The van der Waals surface area contributed by atoms with Crippen LogP contribution in [0.15, 0.2) is 89.5 Å². The van der Waals surface area contributed by atoms with Crippen molar-refractivity contribution in [3.8, 4) is 0 Å². The number of nitrogens with zero attached hydrogens (tertiary/aromatic N) is 4. The molecule has 31 heavy (non-hydrogen) atoms. The fourth-order valence-electron chi connectivity index (χ4n) is 3.01. The zero-order valence-corrected chi connectivity index (χ0v) is 17.8. The van der Waals surface area contributed by atoms with E-state index >= 15 is 0 Å². The van der Waals surface area contributed by atoms with Gasteiger partial charge in [-0.3, -0.25) is 28.4 Å². The number of amidine groups is 1. The molecule has 0 saturated carbocycles. The third kappa shape index (κ3) is 4.24. The Morgan fingerprint density at radius 2 is 1.71 bits per heavy atom. The highest BCUT2D eigenvalue weighted by molar-refractivity contribution is 8.49. The smallest absolute Gasteiger partial charge is 0.257 e. The van der Waals surface area contributed by atoms with E-state index in [9.17, 15) is 4.79 Å². The van der Waals surface area contributed by atoms with E-state index in [4.69, 9.17) is 8.37 Å². The molecule has 2 atom stereocenters. The Morgan fingerprint density at radius 1 is 0.968 bits per heavy atom. The van der Waals surface area contributed by atoms with E-state index in [0.717, 1.165) is 11.3 Å². The third-order valence-corrected chi connectivity index (χ3v) is 7.09. The highest BCUT2D eigenvalue weighted by atomic mass is 32.3. The second kappa shape index (κ2) is 9.17. The van der Waals surface area contributed by atoms with Crippen molar-refractivity contribution in [3.63, 3.8) is 0 Å². The molecule has 0 bridgehead atoms. The maximum atomic E-state index is 12.8. The zero-order chi connectivity index (χ0) is 21.7. The average molecular weight is 436 g/mol. The van der Waals surface area contributed by atoms with Crippen LogP contribution in [-0.2, 0) is 8.37 Å². The molecule has 1 aliphatic heterocycles. The Hall–Kier alpha value is -3.40. The number of carbonyl (C=O) groups is 1. The van der Waals surface area contributed by atoms with Gasteiger partial charge in [0.2, 0.25) is 5.17 Å². The average Bonchev–Trinajstić information content (AvgIpc) is 3.18. The summed E-state index contributed by atoms with van der Waals surface area (Å²) in [5, 5.41) is 12.1. The maximum absolute atomic E-state index is 12.8. The SMILES string of the molecule is COS1(O[C@@H](C)c2ccccn2)C(NC(=O)c2ccccc2)=NN=C1c1ccncc1. The molecule has 3 aromatic rings. The molecule has 0 radical (unpaired) electrons. The van der Waals surface area contributed by atoms with Gasteiger partial charge in [-0.25, -0.2) is 0 Å². The minimum Gasteiger partial charge on any atom is -0.291 e. The number of rotatable bonds is 6. The molecular weight excluding hydrogens is 414 g/mol. The van der Waals surface area contributed by atoms with Gasteiger partial charge in [0.25, 0.3) is 5.91 Å². The molecule has 158 valence electrons. The maximum Gasteiger partial charge on any atom is 0.257 e. The van der Waals surface area contributed by atoms with Crippen LogP contribution in [0.25, 0.3) is 0 Å². The van der Waals surface area contributed by atoms with Crippen molar-refractivity contribution < 1.29 is 13.2 Å². The van der Waals surface area contributed by atoms with Gasteiger partial charge in [0.1, 0.15) is 6.10 Å². The largest absolute Gasteiger partial charge is 0.291 e. The van der Waals surface area contributed by atoms with Crippen molar-refractivity contribution in [2.75, 3.05) is 7.11 Å². The predicted octanol–water partition coefficient (Wildman–Crippen LogP) is 4.00. The van der Waals surface area contributed by atoms with E-state index < -0.39 is 16.7 Å². The lowest BCUT2D eigenvalue weighted by atomic mass is 10.2. The Labute approximate surface area is 181 Å². The number of benzene rings is 1. The molecule has 1 amide bonds. The molecule has 8 nitrogen and oxygen atoms in total. The topological polar surface area (TPSA) is 98.1 Å². The molecule has 0 fully saturated rings. The molecule has 4 rings (SSSR count). The highest BCUT2D eigenvalue weighted by Gasteiger charge is 2.42. The van der Waals surface area contributed by atoms with E-state index in [1.54, 1.807) is 55.0 Å². The lowest BCUT2D eigenvalue weighted by Crippen LogP contribution is -2.37. The van der Waals surface area contributed by atoms with E-state index in [0.29, 0.717) is 10.6 Å². The molecule has 0 saturated heterocycles. The minimum absolute atomic E-state index is 0.221. The molecule has 2 aromatic heterocycles. The van der Waals surface area contributed by atoms with Crippen LogP contribution in [0, 0.1) is 0 Å². The van der Waals surface area contributed by atoms with Gasteiger partial charge < -0.3 is 0 Å². The second-order valence-electron chi connectivity index (χ2n) is 6.53. The number of hydrogen-bond donors (Lipinski definition) is 1. The van der Waals surface area contributed by atoms with E-state index in [1.165, 1.54) is 7.11 Å². The standard InChI is InChI=1S/C22H21N5O3S/c1-16(19-10-6-7-13-24-19)30-31(29-2)21(18-11-14-23-15-12-18)26-27-22(31)25-20(28)17-8-4-3-5-9-17/h3-16H,1-2H3,(H,25,27,28)/t16-/m0/s1. The van der Waals surface area contributed by atoms with E-state index in [1.807, 2.05) is 31.2 Å². The first-order chi connectivity index (χ1) is 15.1. The van der Waals surface area contributed by atoms with Crippen LogP contribution >= 0.6 is 10.6 Å². The highest BCUT2D eigenvalue weighted by Crippen LogP contribution is 2.58. The Balaban J connectivity index is 1.69. The quantitative estimate of drug-likeness (QED) is 0.631. The summed E-state index contributed by atoms with van der Waals surface area (Å²) < 4.78 is 12.4. The number of amides is 1. The summed E-state index contributed by atoms with van der Waals surface area (Å²) in [5.74, 6) is -0.325. The van der Waals surface area contributed by atoms with Gasteiger partial charge >= 0.3 is 0 Å². The Bertz CT molecular complexity index is 1110. The van der Waals surface area contributed by atoms with Gasteiger partial charge in [-0.1, -0.05) is 34.9 Å². The minimum atomic E-state index is -2.68. The monoisotopic (exact) mass is 435 g/mol. The molecule has 0 aliphatic carbocycles. The summed E-state index contributed by atoms with van der Waals surface area (Å²) in [6, 6.07) is 18.0. The summed E-state index contributed by atoms with van der Waals surface area (Å²) in [6.07, 6.45) is 4.56. The predicted molar refractivity (Wildman–Crippen MR) is 120 cm³/mol. The number of hydrogen-bond acceptors (Lipinski definition) is 7. The number of aromatic nitrogens is 2. The molecule has 1 aliphatic rings. The van der Waals surface area contributed by atoms with Gasteiger partial charge in [0.15, 0.2) is 5.04 Å². The Morgan fingerprint density at radius 3 is 2.39 bits per heavy atom. The Kier molecular flexibility index (Phi) is 6.17. The summed E-state index contributed by atoms with van der Waals surface area (Å²) in [7, 11) is -1.16. The van der Waals surface area contributed by atoms with Crippen molar-refractivity contribution in [3.05, 3.63) is 96.1 Å². The third-order valence-electron chi connectivity index (χ3n) is 4.54. The lowest BCUT2D eigenvalue weighted by molar-refractivity contribution is 0.0977. The van der Waals surface area contributed by atoms with Crippen LogP contribution in [-0.4, -0.2) is 33.2 Å². The van der Waals surface area contributed by atoms with Crippen LogP contribution in [0.3, 0.4) is 0 Å². The summed E-state index contributed by atoms with van der Waals surface area (Å²) in [4.78, 5) is 21.3. The van der Waals surface area contributed by atoms with Crippen LogP contribution in [0.5, 0.6) is 0 Å². The molecular formula is C22H21N5O3S. The first kappa shape index (κ1) is 20.9. The second-order valence-corrected chi connectivity index (χ2v) is 8.84. The molecule has 1 aromatic carbocycles. The summed E-state index contributed by atoms with van der Waals surface area (Å²) >= 11 is 0. The van der Waals surface area contributed by atoms with Crippen LogP contribution in [0.1, 0.15) is 34.6 Å². The van der Waals surface area contributed by atoms with Crippen molar-refractivity contribution in [1.29, 1.82) is 0 Å². The molecule has 1 N–H and O–H groups in total. The fraction of sp³-hybridized carbons (Fsp3) is 0.136. The van der Waals surface area contributed by atoms with Gasteiger partial charge in [-0.2, -0.15) is 0 Å². The number of pyridine rings is 2. The summed E-state index contributed by atoms with van der Waals surface area (Å²) in [5.41, 5.74) is 1.96. The van der Waals surface area contributed by atoms with Crippen LogP contribution in [0.4, 0.5) is 0 Å². The molecule has 3 heterocycles. The van der Waals surface area contributed by atoms with Crippen molar-refractivity contribution in [1.82, 2.24) is 15.3 Å². The first-order valence-corrected chi connectivity index (χ1v) is 11.0. The van der Waals surface area contributed by atoms with Gasteiger partial charge in [-0.15, -0.1) is 10.2 Å². The van der Waals surface area contributed by atoms with Crippen LogP contribution < -0.4 is 5.32 Å². The van der Waals surface area contributed by atoms with Gasteiger partial charge in [0, 0.05) is 29.7 Å². The van der Waals surface area contributed by atoms with E-state index in [-0.39, 0.29) is 11.1 Å². The van der Waals surface area contributed by atoms with E-state index in [2.05, 4.69) is 25.5 Å². The summed E-state index contributed by atoms with van der Waals surface area (Å²) in [6.45, 7) is 1.87. The normalized spacial score (nSPS) is 20.8. The van der Waals surface area contributed by atoms with Crippen molar-refractivity contribution in [2.24, 2.45) is 10.2 Å².